The van der Waals surface area contributed by atoms with Crippen LogP contribution in [0.2, 0.25) is 0 Å². The predicted molar refractivity (Wildman–Crippen MR) is 72.0 cm³/mol. The summed E-state index contributed by atoms with van der Waals surface area (Å²) < 4.78 is 0.393. The highest BCUT2D eigenvalue weighted by atomic mass is 79.9. The molecular weight excluding hydrogens is 314 g/mol. The summed E-state index contributed by atoms with van der Waals surface area (Å²) in [7, 11) is 0. The number of anilines is 1. The molecule has 2 amide bonds. The summed E-state index contributed by atoms with van der Waals surface area (Å²) in [5, 5.41) is 9.04. The van der Waals surface area contributed by atoms with E-state index in [0.29, 0.717) is 15.6 Å². The highest BCUT2D eigenvalue weighted by molar-refractivity contribution is 9.10. The SMILES string of the molecule is CC1=C(C)C(=O)N(c2ccc(Br)c(C(=O)O)c2)C1=O. The highest BCUT2D eigenvalue weighted by Crippen LogP contribution is 2.29. The molecule has 5 nitrogen and oxygen atoms in total. The topological polar surface area (TPSA) is 74.7 Å². The van der Waals surface area contributed by atoms with Crippen LogP contribution in [0.3, 0.4) is 0 Å². The predicted octanol–water partition coefficient (Wildman–Crippen LogP) is 2.36. The highest BCUT2D eigenvalue weighted by Gasteiger charge is 2.34. The summed E-state index contributed by atoms with van der Waals surface area (Å²) in [6.07, 6.45) is 0. The first-order chi connectivity index (χ1) is 8.84. The maximum atomic E-state index is 12.0. The number of carbonyl (C=O) groups is 3. The van der Waals surface area contributed by atoms with E-state index in [1.54, 1.807) is 13.8 Å². The molecule has 6 heteroatoms. The number of aromatic carboxylic acids is 1. The number of imide groups is 1. The first-order valence-electron chi connectivity index (χ1n) is 5.43. The second-order valence-corrected chi connectivity index (χ2v) is 5.02. The van der Waals surface area contributed by atoms with Crippen LogP contribution in [0.15, 0.2) is 33.8 Å². The summed E-state index contributed by atoms with van der Waals surface area (Å²) in [5.74, 6) is -1.96. The van der Waals surface area contributed by atoms with E-state index in [0.717, 1.165) is 4.90 Å². The van der Waals surface area contributed by atoms with Gasteiger partial charge >= 0.3 is 5.97 Å². The molecule has 0 spiro atoms. The first kappa shape index (κ1) is 13.5. The summed E-state index contributed by atoms with van der Waals surface area (Å²) >= 11 is 3.11. The van der Waals surface area contributed by atoms with E-state index >= 15 is 0 Å². The fourth-order valence-electron chi connectivity index (χ4n) is 1.80. The molecule has 1 aromatic rings. The number of hydrogen-bond donors (Lipinski definition) is 1. The van der Waals surface area contributed by atoms with Gasteiger partial charge in [-0.15, -0.1) is 0 Å². The van der Waals surface area contributed by atoms with E-state index in [9.17, 15) is 14.4 Å². The normalized spacial score (nSPS) is 15.4. The standard InChI is InChI=1S/C13H10BrNO4/c1-6-7(2)12(17)15(11(6)16)8-3-4-10(14)9(5-8)13(18)19/h3-5H,1-2H3,(H,18,19). The van der Waals surface area contributed by atoms with Crippen molar-refractivity contribution in [3.05, 3.63) is 39.4 Å². The maximum Gasteiger partial charge on any atom is 0.336 e. The van der Waals surface area contributed by atoms with Crippen molar-refractivity contribution >= 4 is 39.4 Å². The second-order valence-electron chi connectivity index (χ2n) is 4.17. The number of nitrogens with zero attached hydrogens (tertiary/aromatic N) is 1. The van der Waals surface area contributed by atoms with Gasteiger partial charge in [-0.2, -0.15) is 0 Å². The van der Waals surface area contributed by atoms with Crippen LogP contribution in [0.25, 0.3) is 0 Å². The minimum Gasteiger partial charge on any atom is -0.478 e. The molecule has 0 unspecified atom stereocenters. The molecule has 0 aromatic heterocycles. The van der Waals surface area contributed by atoms with E-state index in [-0.39, 0.29) is 11.3 Å². The molecule has 0 saturated heterocycles. The maximum absolute atomic E-state index is 12.0. The Morgan fingerprint density at radius 3 is 2.16 bits per heavy atom. The quantitative estimate of drug-likeness (QED) is 0.848. The summed E-state index contributed by atoms with van der Waals surface area (Å²) in [6.45, 7) is 3.15. The average Bonchev–Trinajstić information content (AvgIpc) is 2.55. The van der Waals surface area contributed by atoms with E-state index in [4.69, 9.17) is 5.11 Å². The molecule has 1 N–H and O–H groups in total. The van der Waals surface area contributed by atoms with E-state index in [1.165, 1.54) is 18.2 Å². The van der Waals surface area contributed by atoms with Crippen molar-refractivity contribution in [2.24, 2.45) is 0 Å². The summed E-state index contributed by atoms with van der Waals surface area (Å²) in [6, 6.07) is 4.33. The number of hydrogen-bond acceptors (Lipinski definition) is 3. The molecule has 0 radical (unpaired) electrons. The molecule has 98 valence electrons. The zero-order chi connectivity index (χ0) is 14.3. The van der Waals surface area contributed by atoms with Gasteiger partial charge in [0.25, 0.3) is 11.8 Å². The van der Waals surface area contributed by atoms with Gasteiger partial charge < -0.3 is 5.11 Å². The van der Waals surface area contributed by atoms with Crippen LogP contribution in [0.4, 0.5) is 5.69 Å². The van der Waals surface area contributed by atoms with Gasteiger partial charge in [-0.3, -0.25) is 9.59 Å². The Balaban J connectivity index is 2.51. The van der Waals surface area contributed by atoms with Crippen molar-refractivity contribution in [1.29, 1.82) is 0 Å². The Labute approximate surface area is 117 Å². The molecule has 1 aromatic carbocycles. The lowest BCUT2D eigenvalue weighted by molar-refractivity contribution is -0.120. The third-order valence-electron chi connectivity index (χ3n) is 3.05. The minimum absolute atomic E-state index is 0.000283. The Morgan fingerprint density at radius 1 is 1.16 bits per heavy atom. The molecular formula is C13H10BrNO4. The van der Waals surface area contributed by atoms with Gasteiger partial charge in [0.1, 0.15) is 0 Å². The van der Waals surface area contributed by atoms with Crippen LogP contribution in [0.5, 0.6) is 0 Å². The van der Waals surface area contributed by atoms with Crippen LogP contribution in [-0.2, 0) is 9.59 Å². The lowest BCUT2D eigenvalue weighted by Crippen LogP contribution is -2.31. The number of carboxylic acids is 1. The van der Waals surface area contributed by atoms with Crippen molar-refractivity contribution < 1.29 is 19.5 Å². The number of rotatable bonds is 2. The number of benzene rings is 1. The van der Waals surface area contributed by atoms with Crippen molar-refractivity contribution in [3.8, 4) is 0 Å². The molecule has 0 atom stereocenters. The summed E-state index contributed by atoms with van der Waals surface area (Å²) in [5.41, 5.74) is 1.02. The van der Waals surface area contributed by atoms with Gasteiger partial charge in [0.15, 0.2) is 0 Å². The number of carboxylic acid groups (broad SMARTS) is 1. The van der Waals surface area contributed by atoms with Crippen molar-refractivity contribution in [1.82, 2.24) is 0 Å². The van der Waals surface area contributed by atoms with Crippen molar-refractivity contribution in [3.63, 3.8) is 0 Å². The van der Waals surface area contributed by atoms with Crippen molar-refractivity contribution in [2.45, 2.75) is 13.8 Å². The minimum atomic E-state index is -1.13. The molecule has 0 saturated carbocycles. The number of carbonyl (C=O) groups excluding carboxylic acids is 2. The molecule has 1 aliphatic rings. The van der Waals surface area contributed by atoms with Gasteiger partial charge in [0.2, 0.25) is 0 Å². The third kappa shape index (κ3) is 2.08. The van der Waals surface area contributed by atoms with Gasteiger partial charge in [0, 0.05) is 15.6 Å². The fraction of sp³-hybridized carbons (Fsp3) is 0.154. The largest absolute Gasteiger partial charge is 0.478 e. The Kier molecular flexibility index (Phi) is 3.28. The Morgan fingerprint density at radius 2 is 1.68 bits per heavy atom. The van der Waals surface area contributed by atoms with Crippen LogP contribution < -0.4 is 4.90 Å². The van der Waals surface area contributed by atoms with E-state index in [1.807, 2.05) is 0 Å². The first-order valence-corrected chi connectivity index (χ1v) is 6.23. The average molecular weight is 324 g/mol. The lowest BCUT2D eigenvalue weighted by Gasteiger charge is -2.15. The zero-order valence-corrected chi connectivity index (χ0v) is 11.8. The second kappa shape index (κ2) is 4.62. The molecule has 1 heterocycles. The summed E-state index contributed by atoms with van der Waals surface area (Å²) in [4.78, 5) is 36.0. The van der Waals surface area contributed by atoms with Crippen molar-refractivity contribution in [2.75, 3.05) is 4.90 Å². The van der Waals surface area contributed by atoms with E-state index < -0.39 is 17.8 Å². The van der Waals surface area contributed by atoms with Gasteiger partial charge in [-0.25, -0.2) is 9.69 Å². The van der Waals surface area contributed by atoms with E-state index in [2.05, 4.69) is 15.9 Å². The molecule has 1 aliphatic heterocycles. The fourth-order valence-corrected chi connectivity index (χ4v) is 2.22. The molecule has 0 fully saturated rings. The molecule has 19 heavy (non-hydrogen) atoms. The molecule has 2 rings (SSSR count). The molecule has 0 aliphatic carbocycles. The van der Waals surface area contributed by atoms with Crippen LogP contribution in [0, 0.1) is 0 Å². The molecule has 0 bridgehead atoms. The lowest BCUT2D eigenvalue weighted by atomic mass is 10.2. The third-order valence-corrected chi connectivity index (χ3v) is 3.74. The van der Waals surface area contributed by atoms with Gasteiger partial charge in [0.05, 0.1) is 11.3 Å². The van der Waals surface area contributed by atoms with Crippen LogP contribution in [0.1, 0.15) is 24.2 Å². The van der Waals surface area contributed by atoms with Crippen LogP contribution >= 0.6 is 15.9 Å². The van der Waals surface area contributed by atoms with Gasteiger partial charge in [-0.05, 0) is 48.0 Å². The number of amides is 2. The van der Waals surface area contributed by atoms with Gasteiger partial charge in [-0.1, -0.05) is 0 Å². The Bertz CT molecular complexity index is 624. The number of halogens is 1. The Hall–Kier alpha value is -1.95. The monoisotopic (exact) mass is 323 g/mol. The van der Waals surface area contributed by atoms with Crippen LogP contribution in [-0.4, -0.2) is 22.9 Å². The zero-order valence-electron chi connectivity index (χ0n) is 10.2. The smallest absolute Gasteiger partial charge is 0.336 e.